The summed E-state index contributed by atoms with van der Waals surface area (Å²) in [7, 11) is 0. The van der Waals surface area contributed by atoms with Gasteiger partial charge in [-0.3, -0.25) is 0 Å². The maximum Gasteiger partial charge on any atom is 0.339 e. The number of ether oxygens (including phenoxy) is 1. The zero-order valence-corrected chi connectivity index (χ0v) is 10.8. The summed E-state index contributed by atoms with van der Waals surface area (Å²) in [5.74, 6) is -0.453. The average molecular weight is 258 g/mol. The Kier molecular flexibility index (Phi) is 4.51. The predicted octanol–water partition coefficient (Wildman–Crippen LogP) is 2.77. The molecule has 0 aromatic heterocycles. The van der Waals surface area contributed by atoms with E-state index in [9.17, 15) is 4.79 Å². The largest absolute Gasteiger partial charge is 0.456 e. The molecule has 94 valence electrons. The molecule has 0 saturated heterocycles. The van der Waals surface area contributed by atoms with Gasteiger partial charge in [-0.05, 0) is 32.9 Å². The fourth-order valence-corrected chi connectivity index (χ4v) is 1.58. The highest BCUT2D eigenvalue weighted by Gasteiger charge is 2.21. The van der Waals surface area contributed by atoms with E-state index in [0.29, 0.717) is 16.1 Å². The smallest absolute Gasteiger partial charge is 0.339 e. The van der Waals surface area contributed by atoms with Gasteiger partial charge in [0.25, 0.3) is 0 Å². The first-order chi connectivity index (χ1) is 7.85. The lowest BCUT2D eigenvalue weighted by Gasteiger charge is -2.20. The third-order valence-corrected chi connectivity index (χ3v) is 2.35. The lowest BCUT2D eigenvalue weighted by Crippen LogP contribution is -2.25. The minimum atomic E-state index is -0.566. The zero-order chi connectivity index (χ0) is 13.1. The van der Waals surface area contributed by atoms with Crippen LogP contribution in [0, 0.1) is 0 Å². The van der Waals surface area contributed by atoms with E-state index in [-0.39, 0.29) is 6.54 Å². The summed E-state index contributed by atoms with van der Waals surface area (Å²) in [5.41, 5.74) is 2.30. The van der Waals surface area contributed by atoms with Gasteiger partial charge in [-0.1, -0.05) is 17.7 Å². The van der Waals surface area contributed by atoms with Crippen LogP contribution < -0.4 is 5.48 Å². The van der Waals surface area contributed by atoms with Gasteiger partial charge in [-0.15, -0.1) is 0 Å². The van der Waals surface area contributed by atoms with E-state index in [1.54, 1.807) is 39.0 Å². The van der Waals surface area contributed by atoms with E-state index in [1.807, 2.05) is 5.48 Å². The number of hydroxylamine groups is 1. The molecule has 0 aliphatic heterocycles. The summed E-state index contributed by atoms with van der Waals surface area (Å²) in [4.78, 5) is 11.9. The molecule has 0 unspecified atom stereocenters. The molecule has 4 nitrogen and oxygen atoms in total. The number of hydrogen-bond acceptors (Lipinski definition) is 4. The Morgan fingerprint density at radius 2 is 2.12 bits per heavy atom. The fourth-order valence-electron chi connectivity index (χ4n) is 1.34. The monoisotopic (exact) mass is 257 g/mol. The van der Waals surface area contributed by atoms with Crippen molar-refractivity contribution in [1.29, 1.82) is 0 Å². The van der Waals surface area contributed by atoms with Crippen LogP contribution in [0.3, 0.4) is 0 Å². The van der Waals surface area contributed by atoms with Crippen molar-refractivity contribution < 1.29 is 14.7 Å². The van der Waals surface area contributed by atoms with Gasteiger partial charge < -0.3 is 9.94 Å². The van der Waals surface area contributed by atoms with E-state index in [4.69, 9.17) is 21.5 Å². The molecule has 0 aliphatic carbocycles. The van der Waals surface area contributed by atoms with Crippen LogP contribution in [0.15, 0.2) is 18.2 Å². The van der Waals surface area contributed by atoms with Crippen molar-refractivity contribution in [3.05, 3.63) is 34.3 Å². The number of halogens is 1. The second-order valence-electron chi connectivity index (χ2n) is 4.60. The van der Waals surface area contributed by atoms with Crippen molar-refractivity contribution >= 4 is 17.6 Å². The number of carbonyl (C=O) groups is 1. The van der Waals surface area contributed by atoms with Gasteiger partial charge in [-0.2, -0.15) is 0 Å². The molecule has 0 aliphatic rings. The van der Waals surface area contributed by atoms with Crippen LogP contribution in [0.2, 0.25) is 5.02 Å². The number of benzene rings is 1. The molecule has 1 aromatic carbocycles. The SMILES string of the molecule is CC(C)(C)OC(=O)c1cccc(Cl)c1CNO. The van der Waals surface area contributed by atoms with Crippen molar-refractivity contribution in [2.45, 2.75) is 32.9 Å². The molecule has 1 aromatic rings. The molecule has 0 fully saturated rings. The Morgan fingerprint density at radius 1 is 1.47 bits per heavy atom. The Balaban J connectivity index is 3.04. The van der Waals surface area contributed by atoms with Crippen LogP contribution in [-0.2, 0) is 11.3 Å². The van der Waals surface area contributed by atoms with Crippen LogP contribution in [0.4, 0.5) is 0 Å². The van der Waals surface area contributed by atoms with Crippen molar-refractivity contribution in [3.8, 4) is 0 Å². The van der Waals surface area contributed by atoms with Crippen LogP contribution in [0.1, 0.15) is 36.7 Å². The highest BCUT2D eigenvalue weighted by Crippen LogP contribution is 2.22. The lowest BCUT2D eigenvalue weighted by atomic mass is 10.1. The zero-order valence-electron chi connectivity index (χ0n) is 10.1. The molecule has 0 bridgehead atoms. The topological polar surface area (TPSA) is 58.6 Å². The van der Waals surface area contributed by atoms with Crippen LogP contribution in [-0.4, -0.2) is 16.8 Å². The van der Waals surface area contributed by atoms with Crippen molar-refractivity contribution in [1.82, 2.24) is 5.48 Å². The molecule has 0 amide bonds. The normalized spacial score (nSPS) is 11.4. The Bertz CT molecular complexity index is 413. The Hall–Kier alpha value is -1.10. The van der Waals surface area contributed by atoms with E-state index in [2.05, 4.69) is 0 Å². The summed E-state index contributed by atoms with van der Waals surface area (Å²) >= 11 is 5.96. The summed E-state index contributed by atoms with van der Waals surface area (Å²) in [6.07, 6.45) is 0. The minimum Gasteiger partial charge on any atom is -0.456 e. The Labute approximate surface area is 105 Å². The number of esters is 1. The van der Waals surface area contributed by atoms with E-state index >= 15 is 0 Å². The van der Waals surface area contributed by atoms with Gasteiger partial charge in [0.1, 0.15) is 5.60 Å². The number of rotatable bonds is 3. The average Bonchev–Trinajstić information content (AvgIpc) is 2.18. The van der Waals surface area contributed by atoms with Crippen LogP contribution >= 0.6 is 11.6 Å². The quantitative estimate of drug-likeness (QED) is 0.646. The maximum atomic E-state index is 11.9. The number of nitrogens with one attached hydrogen (secondary N) is 1. The van der Waals surface area contributed by atoms with Gasteiger partial charge in [0.2, 0.25) is 0 Å². The first-order valence-corrected chi connectivity index (χ1v) is 5.60. The highest BCUT2D eigenvalue weighted by molar-refractivity contribution is 6.31. The fraction of sp³-hybridized carbons (Fsp3) is 0.417. The molecule has 0 atom stereocenters. The number of hydrogen-bond donors (Lipinski definition) is 2. The summed E-state index contributed by atoms with van der Waals surface area (Å²) in [5, 5.41) is 9.13. The van der Waals surface area contributed by atoms with Gasteiger partial charge >= 0.3 is 5.97 Å². The van der Waals surface area contributed by atoms with E-state index in [0.717, 1.165) is 0 Å². The second kappa shape index (κ2) is 5.49. The summed E-state index contributed by atoms with van der Waals surface area (Å²) in [6, 6.07) is 4.94. The standard InChI is InChI=1S/C12H16ClNO3/c1-12(2,3)17-11(15)8-5-4-6-10(13)9(8)7-14-16/h4-6,14,16H,7H2,1-3H3. The van der Waals surface area contributed by atoms with E-state index in [1.165, 1.54) is 0 Å². The third-order valence-electron chi connectivity index (χ3n) is 1.99. The maximum absolute atomic E-state index is 11.9. The van der Waals surface area contributed by atoms with Crippen molar-refractivity contribution in [2.24, 2.45) is 0 Å². The van der Waals surface area contributed by atoms with Crippen LogP contribution in [0.25, 0.3) is 0 Å². The molecule has 0 spiro atoms. The molecular formula is C12H16ClNO3. The first-order valence-electron chi connectivity index (χ1n) is 5.23. The summed E-state index contributed by atoms with van der Waals surface area (Å²) < 4.78 is 5.26. The Morgan fingerprint density at radius 3 is 2.65 bits per heavy atom. The molecule has 1 rings (SSSR count). The molecule has 17 heavy (non-hydrogen) atoms. The molecule has 0 heterocycles. The first kappa shape index (κ1) is 14.0. The molecule has 5 heteroatoms. The highest BCUT2D eigenvalue weighted by atomic mass is 35.5. The molecular weight excluding hydrogens is 242 g/mol. The van der Waals surface area contributed by atoms with Gasteiger partial charge in [0, 0.05) is 17.1 Å². The third kappa shape index (κ3) is 4.00. The van der Waals surface area contributed by atoms with E-state index < -0.39 is 11.6 Å². The summed E-state index contributed by atoms with van der Waals surface area (Å²) in [6.45, 7) is 5.46. The number of carbonyl (C=O) groups excluding carboxylic acids is 1. The minimum absolute atomic E-state index is 0.0915. The van der Waals surface area contributed by atoms with Gasteiger partial charge in [-0.25, -0.2) is 10.3 Å². The second-order valence-corrected chi connectivity index (χ2v) is 5.01. The molecule has 0 saturated carbocycles. The molecule has 0 radical (unpaired) electrons. The van der Waals surface area contributed by atoms with Crippen molar-refractivity contribution in [2.75, 3.05) is 0 Å². The van der Waals surface area contributed by atoms with Gasteiger partial charge in [0.05, 0.1) is 5.56 Å². The van der Waals surface area contributed by atoms with Gasteiger partial charge in [0.15, 0.2) is 0 Å². The van der Waals surface area contributed by atoms with Crippen molar-refractivity contribution in [3.63, 3.8) is 0 Å². The van der Waals surface area contributed by atoms with Crippen LogP contribution in [0.5, 0.6) is 0 Å². The molecule has 2 N–H and O–H groups in total. The lowest BCUT2D eigenvalue weighted by molar-refractivity contribution is 0.00676. The predicted molar refractivity (Wildman–Crippen MR) is 65.2 cm³/mol.